The van der Waals surface area contributed by atoms with Crippen LogP contribution in [0.2, 0.25) is 0 Å². The molecule has 0 radical (unpaired) electrons. The van der Waals surface area contributed by atoms with Gasteiger partial charge in [0, 0.05) is 48.7 Å². The molecule has 0 saturated heterocycles. The molecule has 11 N–H and O–H groups in total. The number of Topliss-reactive ketones (excluding diaryl/α,β-unsaturated/α-hetero) is 1. The van der Waals surface area contributed by atoms with Crippen molar-refractivity contribution in [1.29, 1.82) is 0 Å². The van der Waals surface area contributed by atoms with E-state index in [1.165, 1.54) is 13.3 Å². The van der Waals surface area contributed by atoms with Gasteiger partial charge in [-0.3, -0.25) is 28.8 Å². The molecule has 4 atom stereocenters. The standard InChI is InChI=1S/C34H45N11O7/c1-17(2)9-21(44-32(49)28-27(39-16-40-28)31(48)43-19(4)34(51)52)13-36-14-25(46)24(10-20-12-37-23-8-6-5-7-22(20)23)45-33(50)29-26(38-15-41-29)30(47)42-18(3)11-35/h5-8,12,15-19,21,24,36-37H,9-11,13-14,35H2,1-4H3,(H,38,41)(H,39,40)(H,42,47)(H,43,48)(H,44,49)(H,45,50)(H,51,52)/t18-,19-,21-,24-/m0/s1. The van der Waals surface area contributed by atoms with Crippen molar-refractivity contribution in [2.24, 2.45) is 11.7 Å². The quantitative estimate of drug-likeness (QED) is 0.0626. The van der Waals surface area contributed by atoms with Crippen LogP contribution in [0, 0.1) is 5.92 Å². The number of nitrogens with one attached hydrogen (secondary N) is 8. The van der Waals surface area contributed by atoms with Crippen LogP contribution in [-0.2, 0) is 16.0 Å². The number of hydrogen-bond donors (Lipinski definition) is 10. The Bertz CT molecular complexity index is 1900. The van der Waals surface area contributed by atoms with Crippen LogP contribution in [0.25, 0.3) is 10.9 Å². The number of fused-ring (bicyclic) bond motifs is 1. The zero-order valence-electron chi connectivity index (χ0n) is 29.3. The van der Waals surface area contributed by atoms with E-state index in [0.717, 1.165) is 22.8 Å². The highest BCUT2D eigenvalue weighted by atomic mass is 16.4. The number of amides is 4. The second kappa shape index (κ2) is 17.9. The Morgan fingerprint density at radius 2 is 1.42 bits per heavy atom. The first-order valence-corrected chi connectivity index (χ1v) is 16.8. The lowest BCUT2D eigenvalue weighted by atomic mass is 10.0. The van der Waals surface area contributed by atoms with Gasteiger partial charge in [0.1, 0.15) is 17.4 Å². The first-order valence-electron chi connectivity index (χ1n) is 16.8. The molecule has 0 saturated carbocycles. The summed E-state index contributed by atoms with van der Waals surface area (Å²) in [7, 11) is 0. The van der Waals surface area contributed by atoms with E-state index in [4.69, 9.17) is 10.8 Å². The maximum atomic E-state index is 13.8. The number of carboxylic acids is 1. The van der Waals surface area contributed by atoms with Gasteiger partial charge in [-0.05, 0) is 37.8 Å². The molecular formula is C34H45N11O7. The summed E-state index contributed by atoms with van der Waals surface area (Å²) in [6.07, 6.45) is 4.77. The van der Waals surface area contributed by atoms with Crippen molar-refractivity contribution < 1.29 is 33.9 Å². The predicted octanol–water partition coefficient (Wildman–Crippen LogP) is 0.239. The molecule has 4 amide bonds. The average Bonchev–Trinajstić information content (AvgIpc) is 3.88. The van der Waals surface area contributed by atoms with E-state index in [1.807, 2.05) is 38.1 Å². The molecule has 1 aromatic carbocycles. The SMILES string of the molecule is CC(C)C[C@@H](CNCC(=O)[C@H](Cc1c[nH]c2ccccc12)NC(=O)c1[nH]cnc1C(=O)N[C@@H](C)CN)NC(=O)c1nc[nH]c1C(=O)N[C@@H](C)C(=O)O. The first kappa shape index (κ1) is 38.9. The number of H-pyrrole nitrogens is 3. The minimum absolute atomic E-state index is 0.116. The second-order valence-corrected chi connectivity index (χ2v) is 12.9. The van der Waals surface area contributed by atoms with Crippen LogP contribution >= 0.6 is 0 Å². The van der Waals surface area contributed by atoms with Crippen LogP contribution in [0.4, 0.5) is 0 Å². The molecule has 0 aliphatic heterocycles. The number of carbonyl (C=O) groups excluding carboxylic acids is 5. The molecule has 4 aromatic rings. The van der Waals surface area contributed by atoms with Gasteiger partial charge in [0.15, 0.2) is 17.2 Å². The number of nitrogens with zero attached hydrogens (tertiary/aromatic N) is 2. The number of hydrogen-bond acceptors (Lipinski definition) is 10. The molecule has 0 bridgehead atoms. The molecule has 0 spiro atoms. The summed E-state index contributed by atoms with van der Waals surface area (Å²) < 4.78 is 0. The van der Waals surface area contributed by atoms with E-state index >= 15 is 0 Å². The van der Waals surface area contributed by atoms with Gasteiger partial charge in [-0.1, -0.05) is 32.0 Å². The normalized spacial score (nSPS) is 13.6. The van der Waals surface area contributed by atoms with Crippen LogP contribution in [-0.4, -0.2) is 109 Å². The van der Waals surface area contributed by atoms with Crippen LogP contribution < -0.4 is 32.3 Å². The van der Waals surface area contributed by atoms with Gasteiger partial charge >= 0.3 is 5.97 Å². The Morgan fingerprint density at radius 3 is 2.04 bits per heavy atom. The van der Waals surface area contributed by atoms with E-state index < -0.39 is 47.7 Å². The van der Waals surface area contributed by atoms with Crippen molar-refractivity contribution in [1.82, 2.24) is 51.5 Å². The number of carbonyl (C=O) groups is 6. The molecule has 18 nitrogen and oxygen atoms in total. The number of benzene rings is 1. The van der Waals surface area contributed by atoms with Gasteiger partial charge < -0.3 is 52.4 Å². The monoisotopic (exact) mass is 719 g/mol. The zero-order valence-corrected chi connectivity index (χ0v) is 29.3. The van der Waals surface area contributed by atoms with Gasteiger partial charge in [-0.15, -0.1) is 0 Å². The summed E-state index contributed by atoms with van der Waals surface area (Å²) in [6.45, 7) is 7.06. The number of para-hydroxylation sites is 1. The fourth-order valence-electron chi connectivity index (χ4n) is 5.47. The van der Waals surface area contributed by atoms with E-state index in [-0.39, 0.29) is 66.6 Å². The van der Waals surface area contributed by atoms with Crippen molar-refractivity contribution in [2.45, 2.75) is 64.7 Å². The maximum absolute atomic E-state index is 13.8. The fourth-order valence-corrected chi connectivity index (χ4v) is 5.47. The summed E-state index contributed by atoms with van der Waals surface area (Å²) in [5, 5.41) is 23.7. The molecule has 18 heteroatoms. The van der Waals surface area contributed by atoms with Crippen LogP contribution in [0.5, 0.6) is 0 Å². The van der Waals surface area contributed by atoms with Crippen LogP contribution in [0.3, 0.4) is 0 Å². The third kappa shape index (κ3) is 10.1. The lowest BCUT2D eigenvalue weighted by molar-refractivity contribution is -0.138. The molecule has 3 heterocycles. The third-order valence-electron chi connectivity index (χ3n) is 8.19. The number of nitrogens with two attached hydrogens (primary N) is 1. The molecule has 52 heavy (non-hydrogen) atoms. The highest BCUT2D eigenvalue weighted by molar-refractivity contribution is 6.07. The Hall–Kier alpha value is -5.88. The van der Waals surface area contributed by atoms with E-state index in [2.05, 4.69) is 51.5 Å². The predicted molar refractivity (Wildman–Crippen MR) is 190 cm³/mol. The number of aliphatic carboxylic acids is 1. The Labute approximate surface area is 298 Å². The summed E-state index contributed by atoms with van der Waals surface area (Å²) in [4.78, 5) is 93.6. The average molecular weight is 720 g/mol. The van der Waals surface area contributed by atoms with Gasteiger partial charge in [-0.25, -0.2) is 9.97 Å². The molecule has 0 fully saturated rings. The number of ketones is 1. The van der Waals surface area contributed by atoms with E-state index in [0.29, 0.717) is 6.42 Å². The minimum Gasteiger partial charge on any atom is -0.480 e. The second-order valence-electron chi connectivity index (χ2n) is 12.9. The van der Waals surface area contributed by atoms with E-state index in [1.54, 1.807) is 13.1 Å². The molecule has 3 aromatic heterocycles. The largest absolute Gasteiger partial charge is 0.480 e. The highest BCUT2D eigenvalue weighted by Crippen LogP contribution is 2.20. The van der Waals surface area contributed by atoms with Crippen molar-refractivity contribution in [3.8, 4) is 0 Å². The summed E-state index contributed by atoms with van der Waals surface area (Å²) in [5.74, 6) is -4.26. The minimum atomic E-state index is -1.24. The number of aromatic amines is 3. The number of aromatic nitrogens is 5. The summed E-state index contributed by atoms with van der Waals surface area (Å²) >= 11 is 0. The lowest BCUT2D eigenvalue weighted by Gasteiger charge is -2.22. The maximum Gasteiger partial charge on any atom is 0.325 e. The third-order valence-corrected chi connectivity index (χ3v) is 8.19. The molecule has 278 valence electrons. The van der Waals surface area contributed by atoms with Gasteiger partial charge in [0.25, 0.3) is 23.6 Å². The first-order chi connectivity index (χ1) is 24.8. The zero-order chi connectivity index (χ0) is 37.9. The Balaban J connectivity index is 1.47. The molecule has 0 aliphatic rings. The highest BCUT2D eigenvalue weighted by Gasteiger charge is 2.29. The fraction of sp³-hybridized carbons (Fsp3) is 0.412. The molecule has 0 aliphatic carbocycles. The summed E-state index contributed by atoms with van der Waals surface area (Å²) in [5.41, 5.74) is 6.59. The smallest absolute Gasteiger partial charge is 0.325 e. The summed E-state index contributed by atoms with van der Waals surface area (Å²) in [6, 6.07) is 4.45. The van der Waals surface area contributed by atoms with Crippen molar-refractivity contribution in [2.75, 3.05) is 19.6 Å². The topological polar surface area (TPSA) is 282 Å². The van der Waals surface area contributed by atoms with Crippen molar-refractivity contribution in [3.05, 3.63) is 71.5 Å². The Kier molecular flexibility index (Phi) is 13.4. The molecule has 0 unspecified atom stereocenters. The van der Waals surface area contributed by atoms with Crippen LogP contribution in [0.15, 0.2) is 43.1 Å². The molecule has 4 rings (SSSR count). The van der Waals surface area contributed by atoms with Crippen LogP contribution in [0.1, 0.15) is 81.6 Å². The number of carboxylic acid groups (broad SMARTS) is 1. The Morgan fingerprint density at radius 1 is 0.808 bits per heavy atom. The van der Waals surface area contributed by atoms with Crippen molar-refractivity contribution >= 4 is 46.3 Å². The molecular weight excluding hydrogens is 674 g/mol. The number of imidazole rings is 2. The van der Waals surface area contributed by atoms with Gasteiger partial charge in [-0.2, -0.15) is 0 Å². The van der Waals surface area contributed by atoms with Crippen molar-refractivity contribution in [3.63, 3.8) is 0 Å². The lowest BCUT2D eigenvalue weighted by Crippen LogP contribution is -2.49. The van der Waals surface area contributed by atoms with Gasteiger partial charge in [0.05, 0.1) is 25.2 Å². The number of rotatable bonds is 19. The van der Waals surface area contributed by atoms with Gasteiger partial charge in [0.2, 0.25) is 0 Å². The van der Waals surface area contributed by atoms with E-state index in [9.17, 15) is 28.8 Å².